The molecule has 0 aliphatic rings. The van der Waals surface area contributed by atoms with Crippen molar-refractivity contribution in [3.05, 3.63) is 89.2 Å². The van der Waals surface area contributed by atoms with Crippen molar-refractivity contribution >= 4 is 16.9 Å². The highest BCUT2D eigenvalue weighted by atomic mass is 16.5. The van der Waals surface area contributed by atoms with Crippen LogP contribution in [0.2, 0.25) is 0 Å². The summed E-state index contributed by atoms with van der Waals surface area (Å²) < 4.78 is 13.4. The fraction of sp³-hybridized carbons (Fsp3) is 0.259. The second-order valence-electron chi connectivity index (χ2n) is 8.15. The average Bonchev–Trinajstić information content (AvgIpc) is 3.19. The molecule has 1 heterocycles. The Morgan fingerprint density at radius 1 is 1.06 bits per heavy atom. The summed E-state index contributed by atoms with van der Waals surface area (Å²) in [6.45, 7) is 7.18. The first-order valence-electron chi connectivity index (χ1n) is 11.1. The highest BCUT2D eigenvalue weighted by molar-refractivity contribution is 5.94. The number of hydrogen-bond donors (Lipinski definition) is 1. The van der Waals surface area contributed by atoms with Gasteiger partial charge in [0.1, 0.15) is 23.9 Å². The second-order valence-corrected chi connectivity index (χ2v) is 8.15. The van der Waals surface area contributed by atoms with E-state index in [0.717, 1.165) is 28.2 Å². The number of imidazole rings is 1. The smallest absolute Gasteiger partial charge is 0.251 e. The monoisotopic (exact) mass is 443 g/mol. The van der Waals surface area contributed by atoms with Crippen LogP contribution in [0, 0.1) is 13.8 Å². The molecular formula is C27H29N3O3. The number of aryl methyl sites for hydroxylation is 2. The predicted octanol–water partition coefficient (Wildman–Crippen LogP) is 5.23. The van der Waals surface area contributed by atoms with Gasteiger partial charge in [-0.25, -0.2) is 4.98 Å². The number of para-hydroxylation sites is 2. The van der Waals surface area contributed by atoms with Crippen LogP contribution in [0.1, 0.15) is 40.3 Å². The van der Waals surface area contributed by atoms with Crippen LogP contribution < -0.4 is 14.8 Å². The van der Waals surface area contributed by atoms with Crippen LogP contribution in [-0.4, -0.2) is 29.2 Å². The van der Waals surface area contributed by atoms with Crippen molar-refractivity contribution in [2.45, 2.75) is 33.4 Å². The molecule has 4 aromatic rings. The van der Waals surface area contributed by atoms with E-state index in [-0.39, 0.29) is 11.9 Å². The number of amides is 1. The van der Waals surface area contributed by atoms with Crippen molar-refractivity contribution in [1.82, 2.24) is 14.9 Å². The summed E-state index contributed by atoms with van der Waals surface area (Å²) in [4.78, 5) is 17.7. The number of nitrogens with one attached hydrogen (secondary N) is 1. The molecule has 0 aliphatic heterocycles. The zero-order valence-corrected chi connectivity index (χ0v) is 19.5. The van der Waals surface area contributed by atoms with Crippen molar-refractivity contribution in [3.8, 4) is 11.5 Å². The van der Waals surface area contributed by atoms with Crippen molar-refractivity contribution in [2.75, 3.05) is 13.7 Å². The predicted molar refractivity (Wildman–Crippen MR) is 130 cm³/mol. The van der Waals surface area contributed by atoms with Crippen LogP contribution in [0.3, 0.4) is 0 Å². The molecular weight excluding hydrogens is 414 g/mol. The average molecular weight is 444 g/mol. The zero-order valence-electron chi connectivity index (χ0n) is 19.5. The molecule has 1 amide bonds. The Hall–Kier alpha value is -3.80. The van der Waals surface area contributed by atoms with Gasteiger partial charge in [-0.1, -0.05) is 35.9 Å². The lowest BCUT2D eigenvalue weighted by Crippen LogP contribution is -2.29. The Kier molecular flexibility index (Phi) is 6.63. The van der Waals surface area contributed by atoms with Gasteiger partial charge in [0.25, 0.3) is 5.91 Å². The van der Waals surface area contributed by atoms with Gasteiger partial charge < -0.3 is 19.4 Å². The first kappa shape index (κ1) is 22.4. The van der Waals surface area contributed by atoms with Crippen LogP contribution in [0.4, 0.5) is 0 Å². The van der Waals surface area contributed by atoms with Crippen molar-refractivity contribution < 1.29 is 14.3 Å². The number of methoxy groups -OCH3 is 1. The van der Waals surface area contributed by atoms with Gasteiger partial charge in [-0.3, -0.25) is 4.79 Å². The summed E-state index contributed by atoms with van der Waals surface area (Å²) in [6.07, 6.45) is 0. The standard InChI is InChI=1S/C27H29N3O3/c1-18-12-13-25(19(2)16-18)33-15-14-30-24-11-6-5-10-23(24)29-26(30)20(3)28-27(31)21-8-7-9-22(17-21)32-4/h5-13,16-17,20H,14-15H2,1-4H3,(H,28,31). The van der Waals surface area contributed by atoms with Crippen LogP contribution in [0.5, 0.6) is 11.5 Å². The van der Waals surface area contributed by atoms with E-state index in [1.807, 2.05) is 43.3 Å². The molecule has 0 bridgehead atoms. The van der Waals surface area contributed by atoms with Crippen LogP contribution in [-0.2, 0) is 6.54 Å². The number of carbonyl (C=O) groups is 1. The third kappa shape index (κ3) is 5.00. The number of hydrogen-bond acceptors (Lipinski definition) is 4. The molecule has 1 aromatic heterocycles. The molecule has 170 valence electrons. The second kappa shape index (κ2) is 9.77. The molecule has 33 heavy (non-hydrogen) atoms. The maximum absolute atomic E-state index is 12.9. The van der Waals surface area contributed by atoms with E-state index >= 15 is 0 Å². The highest BCUT2D eigenvalue weighted by Crippen LogP contribution is 2.23. The molecule has 0 radical (unpaired) electrons. The Labute approximate surface area is 194 Å². The van der Waals surface area contributed by atoms with E-state index in [9.17, 15) is 4.79 Å². The van der Waals surface area contributed by atoms with E-state index in [1.165, 1.54) is 5.56 Å². The molecule has 4 rings (SSSR count). The molecule has 0 fully saturated rings. The molecule has 6 nitrogen and oxygen atoms in total. The number of carbonyl (C=O) groups excluding carboxylic acids is 1. The largest absolute Gasteiger partial charge is 0.497 e. The van der Waals surface area contributed by atoms with Gasteiger partial charge in [-0.2, -0.15) is 0 Å². The SMILES string of the molecule is COc1cccc(C(=O)NC(C)c2nc3ccccc3n2CCOc2ccc(C)cc2C)c1. The molecule has 6 heteroatoms. The Balaban J connectivity index is 1.54. The lowest BCUT2D eigenvalue weighted by Gasteiger charge is -2.17. The van der Waals surface area contributed by atoms with E-state index in [2.05, 4.69) is 35.9 Å². The van der Waals surface area contributed by atoms with Crippen molar-refractivity contribution in [2.24, 2.45) is 0 Å². The van der Waals surface area contributed by atoms with Gasteiger partial charge in [0.2, 0.25) is 0 Å². The summed E-state index contributed by atoms with van der Waals surface area (Å²) in [5, 5.41) is 3.07. The number of aromatic nitrogens is 2. The minimum Gasteiger partial charge on any atom is -0.497 e. The first-order chi connectivity index (χ1) is 16.0. The number of benzene rings is 3. The van der Waals surface area contributed by atoms with Gasteiger partial charge >= 0.3 is 0 Å². The number of fused-ring (bicyclic) bond motifs is 1. The van der Waals surface area contributed by atoms with Gasteiger partial charge in [0.15, 0.2) is 0 Å². The maximum atomic E-state index is 12.9. The third-order valence-corrected chi connectivity index (χ3v) is 5.65. The first-order valence-corrected chi connectivity index (χ1v) is 11.1. The number of rotatable bonds is 8. The summed E-state index contributed by atoms with van der Waals surface area (Å²) in [6, 6.07) is 21.0. The maximum Gasteiger partial charge on any atom is 0.251 e. The molecule has 3 aromatic carbocycles. The molecule has 1 N–H and O–H groups in total. The fourth-order valence-electron chi connectivity index (χ4n) is 3.98. The third-order valence-electron chi connectivity index (χ3n) is 5.65. The minimum atomic E-state index is -0.294. The Morgan fingerprint density at radius 2 is 1.88 bits per heavy atom. The van der Waals surface area contributed by atoms with Crippen LogP contribution >= 0.6 is 0 Å². The number of nitrogens with zero attached hydrogens (tertiary/aromatic N) is 2. The molecule has 0 spiro atoms. The van der Waals surface area contributed by atoms with Gasteiger partial charge in [0.05, 0.1) is 30.7 Å². The molecule has 1 unspecified atom stereocenters. The molecule has 0 saturated carbocycles. The Morgan fingerprint density at radius 3 is 2.67 bits per heavy atom. The van der Waals surface area contributed by atoms with Crippen molar-refractivity contribution in [3.63, 3.8) is 0 Å². The van der Waals surface area contributed by atoms with E-state index in [1.54, 1.807) is 25.3 Å². The lowest BCUT2D eigenvalue weighted by atomic mass is 10.1. The molecule has 1 atom stereocenters. The molecule has 0 aliphatic carbocycles. The highest BCUT2D eigenvalue weighted by Gasteiger charge is 2.19. The summed E-state index contributed by atoms with van der Waals surface area (Å²) in [5.74, 6) is 2.14. The van der Waals surface area contributed by atoms with E-state index in [4.69, 9.17) is 14.5 Å². The van der Waals surface area contributed by atoms with Gasteiger partial charge in [-0.05, 0) is 62.7 Å². The lowest BCUT2D eigenvalue weighted by molar-refractivity contribution is 0.0937. The van der Waals surface area contributed by atoms with Crippen LogP contribution in [0.15, 0.2) is 66.7 Å². The molecule has 0 saturated heterocycles. The van der Waals surface area contributed by atoms with E-state index in [0.29, 0.717) is 24.5 Å². The normalized spacial score (nSPS) is 11.9. The number of ether oxygens (including phenoxy) is 2. The summed E-state index contributed by atoms with van der Waals surface area (Å²) in [7, 11) is 1.59. The summed E-state index contributed by atoms with van der Waals surface area (Å²) >= 11 is 0. The van der Waals surface area contributed by atoms with Crippen molar-refractivity contribution in [1.29, 1.82) is 0 Å². The quantitative estimate of drug-likeness (QED) is 0.405. The van der Waals surface area contributed by atoms with Gasteiger partial charge in [-0.15, -0.1) is 0 Å². The minimum absolute atomic E-state index is 0.175. The topological polar surface area (TPSA) is 65.4 Å². The Bertz CT molecular complexity index is 1280. The summed E-state index contributed by atoms with van der Waals surface area (Å²) in [5.41, 5.74) is 4.77. The zero-order chi connectivity index (χ0) is 23.4. The van der Waals surface area contributed by atoms with Gasteiger partial charge in [0, 0.05) is 5.56 Å². The fourth-order valence-corrected chi connectivity index (χ4v) is 3.98. The van der Waals surface area contributed by atoms with E-state index < -0.39 is 0 Å². The van der Waals surface area contributed by atoms with Crippen LogP contribution in [0.25, 0.3) is 11.0 Å².